The third-order valence-electron chi connectivity index (χ3n) is 4.11. The zero-order chi connectivity index (χ0) is 13.4. The van der Waals surface area contributed by atoms with Gasteiger partial charge in [0.1, 0.15) is 5.84 Å². The third-order valence-corrected chi connectivity index (χ3v) is 4.11. The van der Waals surface area contributed by atoms with Crippen molar-refractivity contribution in [2.75, 3.05) is 25.0 Å². The second kappa shape index (κ2) is 4.92. The Morgan fingerprint density at radius 1 is 1.25 bits per heavy atom. The van der Waals surface area contributed by atoms with Crippen molar-refractivity contribution in [3.8, 4) is 0 Å². The van der Waals surface area contributed by atoms with Gasteiger partial charge in [-0.1, -0.05) is 0 Å². The number of likely N-dealkylation sites (tertiary alicyclic amines) is 1. The van der Waals surface area contributed by atoms with Crippen LogP contribution in [0, 0.1) is 0 Å². The minimum absolute atomic E-state index is 0.702. The second-order valence-electron chi connectivity index (χ2n) is 5.79. The molecule has 106 valence electrons. The van der Waals surface area contributed by atoms with Gasteiger partial charge in [-0.15, -0.1) is 0 Å². The molecule has 4 rings (SSSR count). The van der Waals surface area contributed by atoms with Crippen LogP contribution >= 0.6 is 0 Å². The molecule has 1 saturated heterocycles. The molecule has 2 N–H and O–H groups in total. The molecule has 2 aliphatic heterocycles. The van der Waals surface area contributed by atoms with Crippen LogP contribution < -0.4 is 5.32 Å². The standard InChI is InChI=1S/C14H20N6/c1-2-8-20(7-1)14-15-6-5-12(17-14)16-13-9-11(18-19-13)10-3-4-10/h9-10H,1-8H2,(H2,15,16,17,18,19). The number of aromatic nitrogens is 2. The maximum atomic E-state index is 4.66. The number of nitrogens with zero attached hydrogens (tertiary/aromatic N) is 4. The lowest BCUT2D eigenvalue weighted by Crippen LogP contribution is -2.31. The normalized spacial score (nSPS) is 22.7. The molecule has 1 aliphatic carbocycles. The first-order chi connectivity index (χ1) is 9.88. The summed E-state index contributed by atoms with van der Waals surface area (Å²) in [5, 5.41) is 10.8. The van der Waals surface area contributed by atoms with E-state index in [1.165, 1.54) is 31.4 Å². The summed E-state index contributed by atoms with van der Waals surface area (Å²) in [7, 11) is 0. The van der Waals surface area contributed by atoms with E-state index in [0.717, 1.165) is 43.7 Å². The van der Waals surface area contributed by atoms with Crippen molar-refractivity contribution in [2.45, 2.75) is 38.0 Å². The predicted molar refractivity (Wildman–Crippen MR) is 79.3 cm³/mol. The number of aliphatic imine (C=N–C) groups is 2. The van der Waals surface area contributed by atoms with E-state index < -0.39 is 0 Å². The number of aromatic amines is 1. The Kier molecular flexibility index (Phi) is 2.94. The highest BCUT2D eigenvalue weighted by molar-refractivity contribution is 6.04. The van der Waals surface area contributed by atoms with Crippen molar-refractivity contribution < 1.29 is 0 Å². The molecule has 0 radical (unpaired) electrons. The van der Waals surface area contributed by atoms with E-state index >= 15 is 0 Å². The van der Waals surface area contributed by atoms with E-state index in [9.17, 15) is 0 Å². The molecule has 20 heavy (non-hydrogen) atoms. The van der Waals surface area contributed by atoms with Gasteiger partial charge < -0.3 is 10.2 Å². The van der Waals surface area contributed by atoms with Crippen LogP contribution in [0.1, 0.15) is 43.7 Å². The minimum Gasteiger partial charge on any atom is -0.341 e. The summed E-state index contributed by atoms with van der Waals surface area (Å²) in [6.07, 6.45) is 5.94. The van der Waals surface area contributed by atoms with Crippen LogP contribution in [0.5, 0.6) is 0 Å². The summed E-state index contributed by atoms with van der Waals surface area (Å²) < 4.78 is 0. The number of hydrogen-bond acceptors (Lipinski definition) is 5. The highest BCUT2D eigenvalue weighted by atomic mass is 15.3. The van der Waals surface area contributed by atoms with Crippen molar-refractivity contribution in [2.24, 2.45) is 9.98 Å². The lowest BCUT2D eigenvalue weighted by Gasteiger charge is -2.20. The van der Waals surface area contributed by atoms with Gasteiger partial charge in [-0.3, -0.25) is 10.1 Å². The first kappa shape index (κ1) is 11.9. The average Bonchev–Trinajstić information content (AvgIpc) is 3.00. The molecule has 1 aromatic heterocycles. The van der Waals surface area contributed by atoms with Crippen LogP contribution in [0.2, 0.25) is 0 Å². The van der Waals surface area contributed by atoms with Gasteiger partial charge in [-0.25, -0.2) is 4.99 Å². The predicted octanol–water partition coefficient (Wildman–Crippen LogP) is 1.95. The molecule has 0 unspecified atom stereocenters. The fourth-order valence-corrected chi connectivity index (χ4v) is 2.80. The molecule has 0 atom stereocenters. The first-order valence-electron chi connectivity index (χ1n) is 7.58. The number of nitrogens with one attached hydrogen (secondary N) is 2. The van der Waals surface area contributed by atoms with Crippen LogP contribution in [0.15, 0.2) is 16.1 Å². The van der Waals surface area contributed by atoms with Crippen molar-refractivity contribution >= 4 is 17.6 Å². The average molecular weight is 272 g/mol. The van der Waals surface area contributed by atoms with Gasteiger partial charge in [0.2, 0.25) is 5.96 Å². The Morgan fingerprint density at radius 2 is 2.10 bits per heavy atom. The first-order valence-corrected chi connectivity index (χ1v) is 7.58. The number of amidine groups is 1. The fourth-order valence-electron chi connectivity index (χ4n) is 2.80. The summed E-state index contributed by atoms with van der Waals surface area (Å²) >= 11 is 0. The fraction of sp³-hybridized carbons (Fsp3) is 0.643. The lowest BCUT2D eigenvalue weighted by atomic mass is 10.3. The van der Waals surface area contributed by atoms with Crippen molar-refractivity contribution in [3.63, 3.8) is 0 Å². The molecular weight excluding hydrogens is 252 g/mol. The number of rotatable bonds is 2. The van der Waals surface area contributed by atoms with E-state index in [2.05, 4.69) is 36.5 Å². The van der Waals surface area contributed by atoms with E-state index in [-0.39, 0.29) is 0 Å². The van der Waals surface area contributed by atoms with E-state index in [0.29, 0.717) is 5.92 Å². The maximum absolute atomic E-state index is 4.66. The van der Waals surface area contributed by atoms with Crippen LogP contribution in [0.3, 0.4) is 0 Å². The molecular formula is C14H20N6. The van der Waals surface area contributed by atoms with Gasteiger partial charge in [0, 0.05) is 43.7 Å². The van der Waals surface area contributed by atoms with Crippen LogP contribution in [-0.4, -0.2) is 46.5 Å². The molecule has 3 aliphatic rings. The summed E-state index contributed by atoms with van der Waals surface area (Å²) in [4.78, 5) is 11.5. The smallest absolute Gasteiger partial charge is 0.222 e. The lowest BCUT2D eigenvalue weighted by molar-refractivity contribution is 0.509. The molecule has 1 saturated carbocycles. The van der Waals surface area contributed by atoms with Crippen LogP contribution in [0.4, 0.5) is 5.82 Å². The zero-order valence-electron chi connectivity index (χ0n) is 11.6. The largest absolute Gasteiger partial charge is 0.341 e. The van der Waals surface area contributed by atoms with E-state index in [1.54, 1.807) is 0 Å². The highest BCUT2D eigenvalue weighted by Crippen LogP contribution is 2.39. The van der Waals surface area contributed by atoms with Gasteiger partial charge in [-0.05, 0) is 25.7 Å². The summed E-state index contributed by atoms with van der Waals surface area (Å²) in [5.41, 5.74) is 1.25. The Labute approximate surface area is 118 Å². The zero-order valence-corrected chi connectivity index (χ0v) is 11.6. The SMILES string of the molecule is c1c(NC2=NC(N3CCCC3)=NCC2)n[nH]c1C1CC1. The van der Waals surface area contributed by atoms with Crippen molar-refractivity contribution in [1.29, 1.82) is 0 Å². The molecule has 1 aromatic rings. The topological polar surface area (TPSA) is 68.7 Å². The van der Waals surface area contributed by atoms with E-state index in [1.807, 2.05) is 0 Å². The summed E-state index contributed by atoms with van der Waals surface area (Å²) in [6, 6.07) is 2.11. The van der Waals surface area contributed by atoms with Gasteiger partial charge in [-0.2, -0.15) is 5.10 Å². The molecule has 0 amide bonds. The summed E-state index contributed by atoms with van der Waals surface area (Å²) in [6.45, 7) is 2.99. The Hall–Kier alpha value is -1.85. The molecule has 6 nitrogen and oxygen atoms in total. The Balaban J connectivity index is 1.45. The van der Waals surface area contributed by atoms with E-state index in [4.69, 9.17) is 0 Å². The molecule has 0 bridgehead atoms. The minimum atomic E-state index is 0.702. The molecule has 0 spiro atoms. The van der Waals surface area contributed by atoms with Crippen LogP contribution in [-0.2, 0) is 0 Å². The summed E-state index contributed by atoms with van der Waals surface area (Å²) in [5.74, 6) is 3.46. The Bertz CT molecular complexity index is 548. The molecule has 3 heterocycles. The quantitative estimate of drug-likeness (QED) is 0.864. The second-order valence-corrected chi connectivity index (χ2v) is 5.79. The Morgan fingerprint density at radius 3 is 2.90 bits per heavy atom. The molecule has 2 fully saturated rings. The van der Waals surface area contributed by atoms with Gasteiger partial charge >= 0.3 is 0 Å². The van der Waals surface area contributed by atoms with Crippen molar-refractivity contribution in [3.05, 3.63) is 11.8 Å². The van der Waals surface area contributed by atoms with Gasteiger partial charge in [0.25, 0.3) is 0 Å². The highest BCUT2D eigenvalue weighted by Gasteiger charge is 2.26. The monoisotopic (exact) mass is 272 g/mol. The third kappa shape index (κ3) is 2.42. The van der Waals surface area contributed by atoms with Crippen LogP contribution in [0.25, 0.3) is 0 Å². The van der Waals surface area contributed by atoms with Gasteiger partial charge in [0.05, 0.1) is 0 Å². The molecule has 0 aromatic carbocycles. The number of guanidine groups is 1. The number of anilines is 1. The molecule has 6 heteroatoms. The van der Waals surface area contributed by atoms with Crippen molar-refractivity contribution in [1.82, 2.24) is 15.1 Å². The van der Waals surface area contributed by atoms with Gasteiger partial charge in [0.15, 0.2) is 5.82 Å². The maximum Gasteiger partial charge on any atom is 0.222 e. The number of hydrogen-bond donors (Lipinski definition) is 2. The number of H-pyrrole nitrogens is 1.